The van der Waals surface area contributed by atoms with Gasteiger partial charge in [0.1, 0.15) is 6.17 Å². The van der Waals surface area contributed by atoms with E-state index in [-0.39, 0.29) is 5.57 Å². The highest BCUT2D eigenvalue weighted by Crippen LogP contribution is 2.09. The van der Waals surface area contributed by atoms with E-state index < -0.39 is 12.1 Å². The first kappa shape index (κ1) is 9.14. The molecule has 0 heterocycles. The summed E-state index contributed by atoms with van der Waals surface area (Å²) in [6.45, 7) is 5.06. The normalized spacial score (nSPS) is 12.6. The zero-order valence-electron chi connectivity index (χ0n) is 6.06. The highest BCUT2D eigenvalue weighted by Gasteiger charge is 2.13. The quantitative estimate of drug-likeness (QED) is 0.593. The summed E-state index contributed by atoms with van der Waals surface area (Å²) in [5.41, 5.74) is 4.67. The first-order valence-electron chi connectivity index (χ1n) is 3.22. The Balaban J connectivity index is 3.82. The summed E-state index contributed by atoms with van der Waals surface area (Å²) >= 11 is 0. The lowest BCUT2D eigenvalue weighted by molar-refractivity contribution is -0.115. The van der Waals surface area contributed by atoms with Gasteiger partial charge in [0.2, 0.25) is 5.91 Å². The van der Waals surface area contributed by atoms with E-state index in [1.807, 2.05) is 6.92 Å². The minimum atomic E-state index is -1.26. The zero-order valence-corrected chi connectivity index (χ0v) is 6.06. The van der Waals surface area contributed by atoms with Crippen LogP contribution in [0.2, 0.25) is 0 Å². The Hall–Kier alpha value is -0.860. The summed E-state index contributed by atoms with van der Waals surface area (Å²) < 4.78 is 12.6. The van der Waals surface area contributed by atoms with E-state index in [1.165, 1.54) is 0 Å². The molecule has 2 N–H and O–H groups in total. The molecule has 0 saturated heterocycles. The lowest BCUT2D eigenvalue weighted by Crippen LogP contribution is -2.20. The highest BCUT2D eigenvalue weighted by atomic mass is 19.1. The van der Waals surface area contributed by atoms with Crippen LogP contribution in [0.5, 0.6) is 0 Å². The van der Waals surface area contributed by atoms with Gasteiger partial charge in [0.05, 0.1) is 0 Å². The second-order valence-corrected chi connectivity index (χ2v) is 2.15. The maximum absolute atomic E-state index is 12.6. The number of amides is 1. The van der Waals surface area contributed by atoms with E-state index in [0.717, 1.165) is 0 Å². The summed E-state index contributed by atoms with van der Waals surface area (Å²) in [5.74, 6) is -0.749. The molecule has 0 aromatic carbocycles. The Bertz CT molecular complexity index is 145. The largest absolute Gasteiger partial charge is 0.366 e. The summed E-state index contributed by atoms with van der Waals surface area (Å²) in [6, 6.07) is 0. The van der Waals surface area contributed by atoms with Gasteiger partial charge >= 0.3 is 0 Å². The molecular weight excluding hydrogens is 133 g/mol. The van der Waals surface area contributed by atoms with Gasteiger partial charge < -0.3 is 5.73 Å². The fourth-order valence-corrected chi connectivity index (χ4v) is 0.582. The number of carbonyl (C=O) groups excluding carboxylic acids is 1. The lowest BCUT2D eigenvalue weighted by atomic mass is 10.1. The maximum Gasteiger partial charge on any atom is 0.246 e. The van der Waals surface area contributed by atoms with Crippen LogP contribution in [0.15, 0.2) is 12.2 Å². The van der Waals surface area contributed by atoms with Crippen LogP contribution in [0.1, 0.15) is 19.8 Å². The van der Waals surface area contributed by atoms with Gasteiger partial charge in [0.15, 0.2) is 0 Å². The number of primary amides is 1. The van der Waals surface area contributed by atoms with Gasteiger partial charge in [0, 0.05) is 5.57 Å². The van der Waals surface area contributed by atoms with E-state index in [1.54, 1.807) is 0 Å². The molecule has 0 saturated carbocycles. The van der Waals surface area contributed by atoms with Crippen LogP contribution in [-0.4, -0.2) is 12.1 Å². The van der Waals surface area contributed by atoms with Crippen molar-refractivity contribution >= 4 is 5.91 Å². The van der Waals surface area contributed by atoms with Crippen molar-refractivity contribution in [2.45, 2.75) is 25.9 Å². The van der Waals surface area contributed by atoms with E-state index >= 15 is 0 Å². The summed E-state index contributed by atoms with van der Waals surface area (Å²) in [6.07, 6.45) is -0.252. The number of halogens is 1. The topological polar surface area (TPSA) is 43.1 Å². The molecule has 1 amide bonds. The standard InChI is InChI=1S/C7H12FNO/c1-3-4-6(8)5(2)7(9)10/h6H,2-4H2,1H3,(H2,9,10). The van der Waals surface area contributed by atoms with Crippen molar-refractivity contribution in [3.8, 4) is 0 Å². The van der Waals surface area contributed by atoms with Crippen molar-refractivity contribution < 1.29 is 9.18 Å². The average molecular weight is 145 g/mol. The van der Waals surface area contributed by atoms with E-state index in [4.69, 9.17) is 5.73 Å². The van der Waals surface area contributed by atoms with Crippen LogP contribution in [0.3, 0.4) is 0 Å². The van der Waals surface area contributed by atoms with Gasteiger partial charge in [-0.1, -0.05) is 19.9 Å². The molecule has 3 heteroatoms. The van der Waals surface area contributed by atoms with Crippen molar-refractivity contribution in [3.05, 3.63) is 12.2 Å². The van der Waals surface area contributed by atoms with E-state index in [0.29, 0.717) is 12.8 Å². The molecule has 1 unspecified atom stereocenters. The molecule has 0 aliphatic carbocycles. The Kier molecular flexibility index (Phi) is 3.69. The van der Waals surface area contributed by atoms with Crippen LogP contribution in [0.4, 0.5) is 4.39 Å². The smallest absolute Gasteiger partial charge is 0.246 e. The minimum Gasteiger partial charge on any atom is -0.366 e. The van der Waals surface area contributed by atoms with Crippen molar-refractivity contribution in [2.75, 3.05) is 0 Å². The number of nitrogens with two attached hydrogens (primary N) is 1. The highest BCUT2D eigenvalue weighted by molar-refractivity contribution is 5.92. The molecule has 0 spiro atoms. The Morgan fingerprint density at radius 1 is 1.80 bits per heavy atom. The van der Waals surface area contributed by atoms with Crippen molar-refractivity contribution in [1.29, 1.82) is 0 Å². The molecule has 2 nitrogen and oxygen atoms in total. The molecule has 0 aromatic rings. The predicted molar refractivity (Wildman–Crippen MR) is 38.1 cm³/mol. The summed E-state index contributed by atoms with van der Waals surface area (Å²) in [7, 11) is 0. The minimum absolute atomic E-state index is 0.123. The molecule has 1 atom stereocenters. The molecule has 0 rings (SSSR count). The van der Waals surface area contributed by atoms with Crippen LogP contribution in [0, 0.1) is 0 Å². The number of hydrogen-bond acceptors (Lipinski definition) is 1. The molecule has 10 heavy (non-hydrogen) atoms. The number of alkyl halides is 1. The number of carbonyl (C=O) groups is 1. The number of rotatable bonds is 4. The van der Waals surface area contributed by atoms with Crippen LogP contribution < -0.4 is 5.73 Å². The van der Waals surface area contributed by atoms with Gasteiger partial charge in [-0.2, -0.15) is 0 Å². The van der Waals surface area contributed by atoms with Crippen molar-refractivity contribution in [2.24, 2.45) is 5.73 Å². The van der Waals surface area contributed by atoms with Crippen LogP contribution in [-0.2, 0) is 4.79 Å². The monoisotopic (exact) mass is 145 g/mol. The maximum atomic E-state index is 12.6. The lowest BCUT2D eigenvalue weighted by Gasteiger charge is -2.05. The summed E-state index contributed by atoms with van der Waals surface area (Å²) in [5, 5.41) is 0. The van der Waals surface area contributed by atoms with Gasteiger partial charge in [-0.15, -0.1) is 0 Å². The fraction of sp³-hybridized carbons (Fsp3) is 0.571. The Morgan fingerprint density at radius 3 is 2.60 bits per heavy atom. The molecule has 0 aliphatic heterocycles. The SMILES string of the molecule is C=C(C(N)=O)C(F)CCC. The van der Waals surface area contributed by atoms with E-state index in [2.05, 4.69) is 6.58 Å². The fourth-order valence-electron chi connectivity index (χ4n) is 0.582. The van der Waals surface area contributed by atoms with Crippen LogP contribution in [0.25, 0.3) is 0 Å². The third kappa shape index (κ3) is 2.62. The zero-order chi connectivity index (χ0) is 8.15. The molecule has 58 valence electrons. The molecule has 0 aromatic heterocycles. The second kappa shape index (κ2) is 4.04. The van der Waals surface area contributed by atoms with Gasteiger partial charge in [0.25, 0.3) is 0 Å². The third-order valence-corrected chi connectivity index (χ3v) is 1.24. The van der Waals surface area contributed by atoms with Gasteiger partial charge in [-0.25, -0.2) is 4.39 Å². The Labute approximate surface area is 59.9 Å². The van der Waals surface area contributed by atoms with Gasteiger partial charge in [-0.3, -0.25) is 4.79 Å². The molecule has 0 aliphatic rings. The molecule has 0 radical (unpaired) electrons. The van der Waals surface area contributed by atoms with E-state index in [9.17, 15) is 9.18 Å². The Morgan fingerprint density at radius 2 is 2.30 bits per heavy atom. The first-order valence-corrected chi connectivity index (χ1v) is 3.22. The molecule has 0 fully saturated rings. The predicted octanol–water partition coefficient (Wildman–Crippen LogP) is 1.17. The second-order valence-electron chi connectivity index (χ2n) is 2.15. The number of hydrogen-bond donors (Lipinski definition) is 1. The molecular formula is C7H12FNO. The first-order chi connectivity index (χ1) is 4.59. The van der Waals surface area contributed by atoms with Crippen molar-refractivity contribution in [1.82, 2.24) is 0 Å². The molecule has 0 bridgehead atoms. The van der Waals surface area contributed by atoms with Crippen LogP contribution >= 0.6 is 0 Å². The third-order valence-electron chi connectivity index (χ3n) is 1.24. The summed E-state index contributed by atoms with van der Waals surface area (Å²) in [4.78, 5) is 10.3. The van der Waals surface area contributed by atoms with Crippen molar-refractivity contribution in [3.63, 3.8) is 0 Å². The van der Waals surface area contributed by atoms with Gasteiger partial charge in [-0.05, 0) is 6.42 Å². The average Bonchev–Trinajstić information content (AvgIpc) is 1.87.